The van der Waals surface area contributed by atoms with E-state index in [-0.39, 0.29) is 11.2 Å². The molecule has 6 aromatic rings. The Bertz CT molecular complexity index is 1710. The van der Waals surface area contributed by atoms with Crippen molar-refractivity contribution in [2.45, 2.75) is 5.41 Å². The summed E-state index contributed by atoms with van der Waals surface area (Å²) in [6.45, 7) is 0. The second-order valence-corrected chi connectivity index (χ2v) is 9.99. The zero-order valence-corrected chi connectivity index (χ0v) is 21.3. The van der Waals surface area contributed by atoms with Crippen molar-refractivity contribution in [3.63, 3.8) is 0 Å². The van der Waals surface area contributed by atoms with Gasteiger partial charge in [-0.1, -0.05) is 115 Å². The molecular weight excluding hydrogens is 477 g/mol. The molecule has 0 aromatic heterocycles. The molecule has 1 N–H and O–H groups in total. The SMILES string of the molecule is Fc1ccc(Nc2ccc(-c3ccc(C4(c5ccccc5)c5ccccc5-c5ccccc54)cc3)cc2)cc1. The third kappa shape index (κ3) is 3.84. The number of benzene rings is 6. The first kappa shape index (κ1) is 23.2. The standard InChI is InChI=1S/C37H26FN/c38-30-20-24-32(25-21-30)39-31-22-16-27(17-23-31)26-14-18-29(19-15-26)37(28-8-2-1-3-9-28)35-12-6-4-10-33(35)34-11-5-7-13-36(34)37/h1-25,39H. The van der Waals surface area contributed by atoms with Gasteiger partial charge in [0.1, 0.15) is 5.82 Å². The molecule has 1 aliphatic carbocycles. The van der Waals surface area contributed by atoms with Crippen LogP contribution in [0.2, 0.25) is 0 Å². The van der Waals surface area contributed by atoms with Crippen molar-refractivity contribution >= 4 is 11.4 Å². The zero-order chi connectivity index (χ0) is 26.2. The van der Waals surface area contributed by atoms with Crippen LogP contribution in [0.4, 0.5) is 15.8 Å². The molecule has 0 aliphatic heterocycles. The van der Waals surface area contributed by atoms with Crippen LogP contribution < -0.4 is 5.32 Å². The summed E-state index contributed by atoms with van der Waals surface area (Å²) in [4.78, 5) is 0. The fourth-order valence-electron chi connectivity index (χ4n) is 6.07. The number of halogens is 1. The normalized spacial score (nSPS) is 12.9. The van der Waals surface area contributed by atoms with Crippen LogP contribution in [0.1, 0.15) is 22.3 Å². The van der Waals surface area contributed by atoms with Gasteiger partial charge >= 0.3 is 0 Å². The Hall–Kier alpha value is -4.95. The molecule has 0 unspecified atom stereocenters. The number of nitrogens with one attached hydrogen (secondary N) is 1. The molecule has 2 heteroatoms. The average molecular weight is 504 g/mol. The van der Waals surface area contributed by atoms with Crippen LogP contribution in [-0.4, -0.2) is 0 Å². The van der Waals surface area contributed by atoms with Gasteiger partial charge in [0.15, 0.2) is 0 Å². The molecule has 186 valence electrons. The highest BCUT2D eigenvalue weighted by Gasteiger charge is 2.45. The van der Waals surface area contributed by atoms with Crippen molar-refractivity contribution in [3.05, 3.63) is 180 Å². The molecule has 0 saturated heterocycles. The average Bonchev–Trinajstić information content (AvgIpc) is 3.31. The lowest BCUT2D eigenvalue weighted by atomic mass is 9.67. The van der Waals surface area contributed by atoms with E-state index < -0.39 is 0 Å². The summed E-state index contributed by atoms with van der Waals surface area (Å²) in [5.41, 5.74) is 11.5. The lowest BCUT2D eigenvalue weighted by molar-refractivity contribution is 0.628. The van der Waals surface area contributed by atoms with Crippen LogP contribution in [0, 0.1) is 5.82 Å². The molecule has 0 spiro atoms. The maximum Gasteiger partial charge on any atom is 0.123 e. The fraction of sp³-hybridized carbons (Fsp3) is 0.0270. The number of hydrogen-bond donors (Lipinski definition) is 1. The summed E-state index contributed by atoms with van der Waals surface area (Å²) in [7, 11) is 0. The molecular formula is C37H26FN. The Morgan fingerprint density at radius 1 is 0.410 bits per heavy atom. The third-order valence-electron chi connectivity index (χ3n) is 7.83. The molecule has 0 heterocycles. The maximum atomic E-state index is 13.2. The summed E-state index contributed by atoms with van der Waals surface area (Å²) in [6, 6.07) is 52.3. The van der Waals surface area contributed by atoms with Gasteiger partial charge in [-0.25, -0.2) is 4.39 Å². The molecule has 6 aromatic carbocycles. The fourth-order valence-corrected chi connectivity index (χ4v) is 6.07. The first-order chi connectivity index (χ1) is 19.2. The summed E-state index contributed by atoms with van der Waals surface area (Å²) in [5.74, 6) is -0.238. The van der Waals surface area contributed by atoms with E-state index in [0.717, 1.165) is 22.5 Å². The molecule has 0 amide bonds. The Kier molecular flexibility index (Phi) is 5.60. The van der Waals surface area contributed by atoms with Gasteiger partial charge in [-0.2, -0.15) is 0 Å². The van der Waals surface area contributed by atoms with Gasteiger partial charge in [-0.05, 0) is 80.9 Å². The molecule has 0 saturated carbocycles. The summed E-state index contributed by atoms with van der Waals surface area (Å²) in [5, 5.41) is 3.33. The van der Waals surface area contributed by atoms with E-state index >= 15 is 0 Å². The topological polar surface area (TPSA) is 12.0 Å². The second kappa shape index (κ2) is 9.41. The molecule has 7 rings (SSSR count). The zero-order valence-electron chi connectivity index (χ0n) is 21.3. The smallest absolute Gasteiger partial charge is 0.123 e. The monoisotopic (exact) mass is 503 g/mol. The van der Waals surface area contributed by atoms with E-state index in [0.29, 0.717) is 0 Å². The minimum Gasteiger partial charge on any atom is -0.356 e. The van der Waals surface area contributed by atoms with Gasteiger partial charge in [0, 0.05) is 11.4 Å². The van der Waals surface area contributed by atoms with Crippen LogP contribution in [-0.2, 0) is 5.41 Å². The maximum absolute atomic E-state index is 13.2. The van der Waals surface area contributed by atoms with Crippen LogP contribution in [0.25, 0.3) is 22.3 Å². The van der Waals surface area contributed by atoms with Gasteiger partial charge in [-0.3, -0.25) is 0 Å². The van der Waals surface area contributed by atoms with Gasteiger partial charge in [0.2, 0.25) is 0 Å². The molecule has 0 atom stereocenters. The summed E-state index contributed by atoms with van der Waals surface area (Å²) in [6.07, 6.45) is 0. The highest BCUT2D eigenvalue weighted by Crippen LogP contribution is 2.55. The van der Waals surface area contributed by atoms with Crippen molar-refractivity contribution in [1.82, 2.24) is 0 Å². The molecule has 1 nitrogen and oxygen atoms in total. The predicted octanol–water partition coefficient (Wildman–Crippen LogP) is 9.60. The first-order valence-electron chi connectivity index (χ1n) is 13.2. The van der Waals surface area contributed by atoms with Gasteiger partial charge in [0.05, 0.1) is 5.41 Å². The van der Waals surface area contributed by atoms with Crippen molar-refractivity contribution < 1.29 is 4.39 Å². The van der Waals surface area contributed by atoms with Gasteiger partial charge in [-0.15, -0.1) is 0 Å². The summed E-state index contributed by atoms with van der Waals surface area (Å²) >= 11 is 0. The Labute approximate surface area is 228 Å². The van der Waals surface area contributed by atoms with E-state index in [1.807, 2.05) is 0 Å². The third-order valence-corrected chi connectivity index (χ3v) is 7.83. The van der Waals surface area contributed by atoms with Crippen LogP contribution >= 0.6 is 0 Å². The van der Waals surface area contributed by atoms with E-state index in [1.165, 1.54) is 45.5 Å². The highest BCUT2D eigenvalue weighted by molar-refractivity contribution is 5.86. The Morgan fingerprint density at radius 2 is 0.846 bits per heavy atom. The van der Waals surface area contributed by atoms with Crippen molar-refractivity contribution in [3.8, 4) is 22.3 Å². The number of hydrogen-bond acceptors (Lipinski definition) is 1. The van der Waals surface area contributed by atoms with Crippen molar-refractivity contribution in [2.75, 3.05) is 5.32 Å². The molecule has 0 radical (unpaired) electrons. The van der Waals surface area contributed by atoms with Crippen LogP contribution in [0.15, 0.2) is 152 Å². The molecule has 39 heavy (non-hydrogen) atoms. The van der Waals surface area contributed by atoms with E-state index in [1.54, 1.807) is 12.1 Å². The number of rotatable bonds is 5. The van der Waals surface area contributed by atoms with E-state index in [2.05, 4.69) is 133 Å². The Balaban J connectivity index is 1.29. The second-order valence-electron chi connectivity index (χ2n) is 9.99. The van der Waals surface area contributed by atoms with Gasteiger partial charge in [0.25, 0.3) is 0 Å². The minimum absolute atomic E-state index is 0.238. The molecule has 0 bridgehead atoms. The lowest BCUT2D eigenvalue weighted by Crippen LogP contribution is -2.28. The molecule has 0 fully saturated rings. The number of anilines is 2. The Morgan fingerprint density at radius 3 is 1.41 bits per heavy atom. The van der Waals surface area contributed by atoms with E-state index in [4.69, 9.17) is 0 Å². The summed E-state index contributed by atoms with van der Waals surface area (Å²) < 4.78 is 13.2. The van der Waals surface area contributed by atoms with Crippen molar-refractivity contribution in [2.24, 2.45) is 0 Å². The molecule has 1 aliphatic rings. The van der Waals surface area contributed by atoms with Gasteiger partial charge < -0.3 is 5.32 Å². The van der Waals surface area contributed by atoms with Crippen molar-refractivity contribution in [1.29, 1.82) is 0 Å². The lowest BCUT2D eigenvalue weighted by Gasteiger charge is -2.34. The van der Waals surface area contributed by atoms with Crippen LogP contribution in [0.3, 0.4) is 0 Å². The predicted molar refractivity (Wildman–Crippen MR) is 159 cm³/mol. The van der Waals surface area contributed by atoms with E-state index in [9.17, 15) is 4.39 Å². The quantitative estimate of drug-likeness (QED) is 0.247. The van der Waals surface area contributed by atoms with Crippen LogP contribution in [0.5, 0.6) is 0 Å². The largest absolute Gasteiger partial charge is 0.356 e. The highest BCUT2D eigenvalue weighted by atomic mass is 19.1. The minimum atomic E-state index is -0.379. The number of fused-ring (bicyclic) bond motifs is 3. The first-order valence-corrected chi connectivity index (χ1v) is 13.2.